The lowest BCUT2D eigenvalue weighted by atomic mass is 10.1. The van der Waals surface area contributed by atoms with Crippen LogP contribution in [-0.4, -0.2) is 39.0 Å². The molecule has 7 heteroatoms. The third-order valence-electron chi connectivity index (χ3n) is 3.75. The minimum atomic E-state index is -2.76. The SMILES string of the molecule is CC(=O)c1ccc(N2C(=S)N[C@@H]3C[S+](=O)(O)C[C@H]32)cc1. The molecule has 2 saturated heterocycles. The van der Waals surface area contributed by atoms with Crippen molar-refractivity contribution in [2.24, 2.45) is 0 Å². The molecule has 1 aromatic carbocycles. The zero-order chi connectivity index (χ0) is 14.5. The van der Waals surface area contributed by atoms with Crippen LogP contribution in [0.2, 0.25) is 0 Å². The van der Waals surface area contributed by atoms with Crippen LogP contribution in [0.1, 0.15) is 17.3 Å². The van der Waals surface area contributed by atoms with Gasteiger partial charge in [-0.1, -0.05) is 4.21 Å². The monoisotopic (exact) mass is 311 g/mol. The van der Waals surface area contributed by atoms with Gasteiger partial charge in [0.05, 0.1) is 0 Å². The van der Waals surface area contributed by atoms with E-state index in [1.54, 1.807) is 12.1 Å². The Morgan fingerprint density at radius 2 is 2.05 bits per heavy atom. The first-order valence-corrected chi connectivity index (χ1v) is 8.56. The first kappa shape index (κ1) is 13.7. The number of benzene rings is 1. The first-order chi connectivity index (χ1) is 9.37. The fraction of sp³-hybridized carbons (Fsp3) is 0.385. The fourth-order valence-corrected chi connectivity index (χ4v) is 5.09. The van der Waals surface area contributed by atoms with Crippen LogP contribution in [0.3, 0.4) is 0 Å². The van der Waals surface area contributed by atoms with Crippen molar-refractivity contribution in [1.29, 1.82) is 0 Å². The molecule has 3 rings (SSSR count). The molecule has 0 saturated carbocycles. The van der Waals surface area contributed by atoms with Crippen molar-refractivity contribution >= 4 is 39.0 Å². The van der Waals surface area contributed by atoms with Gasteiger partial charge in [-0.25, -0.2) is 0 Å². The highest BCUT2D eigenvalue weighted by molar-refractivity contribution is 7.98. The maximum atomic E-state index is 11.8. The van der Waals surface area contributed by atoms with E-state index >= 15 is 0 Å². The Hall–Kier alpha value is -1.31. The molecule has 0 amide bonds. The van der Waals surface area contributed by atoms with Crippen molar-refractivity contribution in [3.8, 4) is 0 Å². The molecule has 0 radical (unpaired) electrons. The third-order valence-corrected chi connectivity index (χ3v) is 5.80. The molecule has 3 atom stereocenters. The summed E-state index contributed by atoms with van der Waals surface area (Å²) in [7, 11) is -2.76. The van der Waals surface area contributed by atoms with Crippen LogP contribution < -0.4 is 10.2 Å². The lowest BCUT2D eigenvalue weighted by Gasteiger charge is -2.22. The molecule has 0 aromatic heterocycles. The fourth-order valence-electron chi connectivity index (χ4n) is 2.78. The summed E-state index contributed by atoms with van der Waals surface area (Å²) in [5.41, 5.74) is 1.48. The third kappa shape index (κ3) is 2.25. The largest absolute Gasteiger partial charge is 0.352 e. The molecule has 2 fully saturated rings. The summed E-state index contributed by atoms with van der Waals surface area (Å²) < 4.78 is 21.6. The maximum absolute atomic E-state index is 11.8. The molecule has 0 spiro atoms. The molecule has 2 aliphatic heterocycles. The van der Waals surface area contributed by atoms with Crippen LogP contribution in [0.15, 0.2) is 24.3 Å². The molecule has 1 unspecified atom stereocenters. The normalized spacial score (nSPS) is 32.1. The van der Waals surface area contributed by atoms with E-state index in [0.717, 1.165) is 5.69 Å². The van der Waals surface area contributed by atoms with Gasteiger partial charge in [-0.3, -0.25) is 4.79 Å². The van der Waals surface area contributed by atoms with E-state index in [0.29, 0.717) is 10.7 Å². The molecule has 20 heavy (non-hydrogen) atoms. The van der Waals surface area contributed by atoms with Gasteiger partial charge >= 0.3 is 0 Å². The molecule has 2 heterocycles. The van der Waals surface area contributed by atoms with E-state index in [-0.39, 0.29) is 29.4 Å². The van der Waals surface area contributed by atoms with Crippen LogP contribution >= 0.6 is 12.2 Å². The standard InChI is InChI=1S/C13H14N2O3S2/c1-8(16)9-2-4-10(5-3-9)15-12-7-20(17,18)6-11(12)14-13(15)19/h2-5,11-12H,6-7H2,1H3,(H-,14,17,18,19)/p+1/t11-,12-/m1/s1. The van der Waals surface area contributed by atoms with Crippen LogP contribution in [0.4, 0.5) is 5.69 Å². The van der Waals surface area contributed by atoms with Gasteiger partial charge < -0.3 is 10.2 Å². The number of Topliss-reactive ketones (excluding diaryl/α,β-unsaturated/α-hetero) is 1. The highest BCUT2D eigenvalue weighted by Crippen LogP contribution is 2.31. The minimum absolute atomic E-state index is 0.00999. The summed E-state index contributed by atoms with van der Waals surface area (Å²) in [4.78, 5) is 13.2. The quantitative estimate of drug-likeness (QED) is 0.487. The van der Waals surface area contributed by atoms with Crippen molar-refractivity contribution in [3.05, 3.63) is 29.8 Å². The van der Waals surface area contributed by atoms with Gasteiger partial charge in [0, 0.05) is 11.3 Å². The number of hydrogen-bond donors (Lipinski definition) is 2. The lowest BCUT2D eigenvalue weighted by molar-refractivity contribution is 0.101. The van der Waals surface area contributed by atoms with Crippen LogP contribution in [-0.2, 0) is 14.4 Å². The number of carbonyl (C=O) groups is 1. The Kier molecular flexibility index (Phi) is 3.15. The average Bonchev–Trinajstić information content (AvgIpc) is 2.79. The predicted molar refractivity (Wildman–Crippen MR) is 82.6 cm³/mol. The molecular formula is C13H15N2O3S2+. The number of nitrogens with zero attached hydrogens (tertiary/aromatic N) is 1. The highest BCUT2D eigenvalue weighted by Gasteiger charge is 2.54. The number of carbonyl (C=O) groups excluding carboxylic acids is 1. The van der Waals surface area contributed by atoms with Gasteiger partial charge in [-0.05, 0) is 43.4 Å². The average molecular weight is 311 g/mol. The Morgan fingerprint density at radius 1 is 1.40 bits per heavy atom. The Bertz CT molecular complexity index is 629. The number of hydrogen-bond acceptors (Lipinski definition) is 3. The second-order valence-electron chi connectivity index (χ2n) is 5.20. The van der Waals surface area contributed by atoms with Gasteiger partial charge in [0.1, 0.15) is 12.1 Å². The summed E-state index contributed by atoms with van der Waals surface area (Å²) >= 11 is 5.31. The number of thiocarbonyl (C=S) groups is 1. The van der Waals surface area contributed by atoms with Crippen molar-refractivity contribution in [3.63, 3.8) is 0 Å². The topological polar surface area (TPSA) is 69.6 Å². The van der Waals surface area contributed by atoms with Crippen molar-refractivity contribution in [2.45, 2.75) is 19.0 Å². The van der Waals surface area contributed by atoms with Crippen molar-refractivity contribution < 1.29 is 13.6 Å². The van der Waals surface area contributed by atoms with E-state index in [4.69, 9.17) is 12.2 Å². The molecule has 0 aliphatic carbocycles. The number of anilines is 1. The Labute approximate surface area is 123 Å². The van der Waals surface area contributed by atoms with Crippen LogP contribution in [0, 0.1) is 0 Å². The minimum Gasteiger partial charge on any atom is -0.352 e. The number of rotatable bonds is 2. The molecule has 106 valence electrons. The van der Waals surface area contributed by atoms with Crippen molar-refractivity contribution in [2.75, 3.05) is 16.4 Å². The van der Waals surface area contributed by atoms with Crippen LogP contribution in [0.5, 0.6) is 0 Å². The van der Waals surface area contributed by atoms with Crippen molar-refractivity contribution in [1.82, 2.24) is 5.32 Å². The highest BCUT2D eigenvalue weighted by atomic mass is 32.3. The lowest BCUT2D eigenvalue weighted by Crippen LogP contribution is -2.37. The Morgan fingerprint density at radius 3 is 2.65 bits per heavy atom. The van der Waals surface area contributed by atoms with Gasteiger partial charge in [-0.2, -0.15) is 4.55 Å². The van der Waals surface area contributed by atoms with Crippen LogP contribution in [0.25, 0.3) is 0 Å². The first-order valence-electron chi connectivity index (χ1n) is 6.30. The van der Waals surface area contributed by atoms with Gasteiger partial charge in [-0.15, -0.1) is 0 Å². The Balaban J connectivity index is 1.91. The summed E-state index contributed by atoms with van der Waals surface area (Å²) in [5, 5.41) is 3.68. The smallest absolute Gasteiger partial charge is 0.218 e. The summed E-state index contributed by atoms with van der Waals surface area (Å²) in [5.74, 6) is 0.467. The van der Waals surface area contributed by atoms with E-state index in [1.807, 2.05) is 17.0 Å². The summed E-state index contributed by atoms with van der Waals surface area (Å²) in [6, 6.07) is 6.97. The summed E-state index contributed by atoms with van der Waals surface area (Å²) in [6.45, 7) is 1.52. The zero-order valence-electron chi connectivity index (χ0n) is 10.9. The van der Waals surface area contributed by atoms with E-state index in [9.17, 15) is 13.6 Å². The molecule has 2 aliphatic rings. The molecule has 5 nitrogen and oxygen atoms in total. The van der Waals surface area contributed by atoms with E-state index < -0.39 is 10.2 Å². The maximum Gasteiger partial charge on any atom is 0.218 e. The molecule has 2 N–H and O–H groups in total. The molecule has 0 bridgehead atoms. The second kappa shape index (κ2) is 4.61. The van der Waals surface area contributed by atoms with E-state index in [2.05, 4.69) is 5.32 Å². The van der Waals surface area contributed by atoms with Gasteiger partial charge in [0.2, 0.25) is 10.2 Å². The molecule has 1 aromatic rings. The molecular weight excluding hydrogens is 296 g/mol. The van der Waals surface area contributed by atoms with Gasteiger partial charge in [0.25, 0.3) is 0 Å². The second-order valence-corrected chi connectivity index (χ2v) is 7.80. The number of fused-ring (bicyclic) bond motifs is 1. The van der Waals surface area contributed by atoms with Gasteiger partial charge in [0.15, 0.2) is 22.4 Å². The number of nitrogens with one attached hydrogen (secondary N) is 1. The summed E-state index contributed by atoms with van der Waals surface area (Å²) in [6.07, 6.45) is 0. The number of ketones is 1. The zero-order valence-corrected chi connectivity index (χ0v) is 12.5. The van der Waals surface area contributed by atoms with E-state index in [1.165, 1.54) is 6.92 Å². The predicted octanol–water partition coefficient (Wildman–Crippen LogP) is 1.31.